The van der Waals surface area contributed by atoms with E-state index >= 15 is 0 Å². The fourth-order valence-electron chi connectivity index (χ4n) is 7.95. The van der Waals surface area contributed by atoms with Gasteiger partial charge in [0.1, 0.15) is 11.9 Å². The predicted octanol–water partition coefficient (Wildman–Crippen LogP) is 4.39. The predicted molar refractivity (Wildman–Crippen MR) is 163 cm³/mol. The lowest BCUT2D eigenvalue weighted by atomic mass is 9.59. The number of hydrogen-bond acceptors (Lipinski definition) is 8. The molecule has 11 nitrogen and oxygen atoms in total. The number of nitrogens with zero attached hydrogens (tertiary/aromatic N) is 8. The van der Waals surface area contributed by atoms with E-state index in [0.29, 0.717) is 35.0 Å². The van der Waals surface area contributed by atoms with E-state index < -0.39 is 0 Å². The lowest BCUT2D eigenvalue weighted by molar-refractivity contribution is 0.0359. The summed E-state index contributed by atoms with van der Waals surface area (Å²) in [4.78, 5) is 24.9. The van der Waals surface area contributed by atoms with Crippen molar-refractivity contribution in [3.8, 4) is 34.2 Å². The monoisotopic (exact) mass is 585 g/mol. The molecule has 11 heteroatoms. The zero-order valence-electron chi connectivity index (χ0n) is 24.5. The minimum Gasteiger partial charge on any atom is -0.481 e. The van der Waals surface area contributed by atoms with Gasteiger partial charge in [0.05, 0.1) is 36.1 Å². The molecule has 2 unspecified atom stereocenters. The molecule has 1 amide bonds. The van der Waals surface area contributed by atoms with Crippen molar-refractivity contribution in [1.29, 1.82) is 5.26 Å². The number of nitriles is 1. The van der Waals surface area contributed by atoms with Gasteiger partial charge in [0.25, 0.3) is 5.91 Å². The van der Waals surface area contributed by atoms with Crippen molar-refractivity contribution in [3.63, 3.8) is 0 Å². The summed E-state index contributed by atoms with van der Waals surface area (Å²) >= 11 is 0. The van der Waals surface area contributed by atoms with Crippen LogP contribution in [0.5, 0.6) is 5.88 Å². The Balaban J connectivity index is 1.07. The molecule has 5 aromatic heterocycles. The molecule has 0 spiro atoms. The second-order valence-electron chi connectivity index (χ2n) is 12.4. The summed E-state index contributed by atoms with van der Waals surface area (Å²) < 4.78 is 8.68. The number of rotatable bonds is 6. The maximum atomic E-state index is 13.2. The van der Waals surface area contributed by atoms with Gasteiger partial charge in [-0.1, -0.05) is 0 Å². The normalized spacial score (nSPS) is 23.6. The number of carbonyl (C=O) groups excluding carboxylic acids is 1. The first-order valence-corrected chi connectivity index (χ1v) is 14.9. The minimum absolute atomic E-state index is 0.0763. The Morgan fingerprint density at radius 2 is 1.82 bits per heavy atom. The molecule has 2 atom stereocenters. The summed E-state index contributed by atoms with van der Waals surface area (Å²) in [5.41, 5.74) is 5.36. The molecule has 44 heavy (non-hydrogen) atoms. The Hall–Kier alpha value is -5.24. The molecule has 1 N–H and O–H groups in total. The number of ether oxygens (including phenoxy) is 1. The number of fused-ring (bicyclic) bond motifs is 1. The average molecular weight is 586 g/mol. The van der Waals surface area contributed by atoms with E-state index in [1.807, 2.05) is 31.8 Å². The molecule has 5 aromatic rings. The molecule has 2 aliphatic carbocycles. The number of methoxy groups -OCH3 is 1. The van der Waals surface area contributed by atoms with Gasteiger partial charge in [-0.15, -0.1) is 0 Å². The smallest absolute Gasteiger partial charge is 0.253 e. The first kappa shape index (κ1) is 26.4. The van der Waals surface area contributed by atoms with Crippen molar-refractivity contribution in [1.82, 2.24) is 34.7 Å². The molecule has 9 rings (SSSR count). The summed E-state index contributed by atoms with van der Waals surface area (Å²) in [6, 6.07) is 12.7. The third kappa shape index (κ3) is 4.28. The summed E-state index contributed by atoms with van der Waals surface area (Å²) in [6.07, 6.45) is 15.8. The Labute approximate surface area is 254 Å². The van der Waals surface area contributed by atoms with Gasteiger partial charge in [0.2, 0.25) is 5.88 Å². The zero-order valence-corrected chi connectivity index (χ0v) is 24.5. The minimum atomic E-state index is -0.210. The quantitative estimate of drug-likeness (QED) is 0.311. The van der Waals surface area contributed by atoms with E-state index in [1.165, 1.54) is 0 Å². The molecule has 2 aliphatic heterocycles. The van der Waals surface area contributed by atoms with E-state index in [4.69, 9.17) is 9.72 Å². The van der Waals surface area contributed by atoms with Crippen LogP contribution in [0.4, 0.5) is 5.82 Å². The van der Waals surface area contributed by atoms with Gasteiger partial charge in [-0.3, -0.25) is 9.48 Å². The number of nitrogens with one attached hydrogen (secondary N) is 1. The number of aromatic nitrogens is 6. The van der Waals surface area contributed by atoms with Crippen LogP contribution in [0.2, 0.25) is 0 Å². The second kappa shape index (κ2) is 9.91. The summed E-state index contributed by atoms with van der Waals surface area (Å²) in [5, 5.41) is 22.0. The van der Waals surface area contributed by atoms with Crippen LogP contribution >= 0.6 is 0 Å². The third-order valence-corrected chi connectivity index (χ3v) is 9.61. The fraction of sp³-hybridized carbons (Fsp3) is 0.333. The van der Waals surface area contributed by atoms with Gasteiger partial charge in [0, 0.05) is 77.8 Å². The number of hydrogen-bond donors (Lipinski definition) is 1. The molecule has 2 saturated carbocycles. The van der Waals surface area contributed by atoms with Gasteiger partial charge in [-0.05, 0) is 62.3 Å². The lowest BCUT2D eigenvalue weighted by Crippen LogP contribution is -2.69. The lowest BCUT2D eigenvalue weighted by Gasteiger charge is -2.62. The SMILES string of the molecule is COc1ccc(C(=O)NC23CC4CC(C2)N(c2ccc(-c5cc(-c6cnn(C)c6)cn6ncc(C#N)c56)cn2)C(C4)C3)cn1. The molecular formula is C33H31N9O2. The molecule has 220 valence electrons. The highest BCUT2D eigenvalue weighted by atomic mass is 16.5. The Morgan fingerprint density at radius 3 is 2.48 bits per heavy atom. The highest BCUT2D eigenvalue weighted by Crippen LogP contribution is 2.52. The highest BCUT2D eigenvalue weighted by molar-refractivity contribution is 5.94. The first-order valence-electron chi connectivity index (χ1n) is 14.9. The fourth-order valence-corrected chi connectivity index (χ4v) is 7.95. The molecule has 4 fully saturated rings. The van der Waals surface area contributed by atoms with Crippen molar-refractivity contribution in [2.45, 2.75) is 49.7 Å². The van der Waals surface area contributed by atoms with Crippen LogP contribution in [0.1, 0.15) is 48.0 Å². The van der Waals surface area contributed by atoms with Crippen molar-refractivity contribution in [2.75, 3.05) is 12.0 Å². The van der Waals surface area contributed by atoms with E-state index in [1.54, 1.807) is 40.8 Å². The van der Waals surface area contributed by atoms with Crippen molar-refractivity contribution in [2.24, 2.45) is 13.0 Å². The van der Waals surface area contributed by atoms with Crippen molar-refractivity contribution >= 4 is 17.2 Å². The van der Waals surface area contributed by atoms with E-state index in [9.17, 15) is 10.1 Å². The maximum absolute atomic E-state index is 13.2. The molecule has 0 radical (unpaired) electrons. The zero-order chi connectivity index (χ0) is 30.0. The summed E-state index contributed by atoms with van der Waals surface area (Å²) in [6.45, 7) is 0. The van der Waals surface area contributed by atoms with Gasteiger partial charge in [0.15, 0.2) is 0 Å². The number of anilines is 1. The standard InChI is InChI=1S/C33H31N9O2/c1-40-18-25(17-37-40)23-9-28(31-24(13-34)16-38-41(31)19-23)21-3-5-29(35-14-21)42-26-7-20-8-27(42)12-33(10-20,11-26)39-32(43)22-4-6-30(44-2)36-15-22/h3-6,9,14-20,26-27H,7-8,10-12H2,1-2H3,(H,39,43). The summed E-state index contributed by atoms with van der Waals surface area (Å²) in [7, 11) is 3.46. The van der Waals surface area contributed by atoms with Crippen LogP contribution in [0.3, 0.4) is 0 Å². The van der Waals surface area contributed by atoms with Crippen LogP contribution in [0.15, 0.2) is 67.5 Å². The highest BCUT2D eigenvalue weighted by Gasteiger charge is 2.55. The first-order chi connectivity index (χ1) is 21.4. The average Bonchev–Trinajstić information content (AvgIpc) is 3.66. The van der Waals surface area contributed by atoms with E-state index in [-0.39, 0.29) is 11.4 Å². The molecular weight excluding hydrogens is 554 g/mol. The Morgan fingerprint density at radius 1 is 0.977 bits per heavy atom. The number of piperidine rings is 2. The van der Waals surface area contributed by atoms with Crippen LogP contribution in [-0.4, -0.2) is 60.0 Å². The number of pyridine rings is 3. The Kier molecular flexibility index (Phi) is 5.94. The molecule has 7 heterocycles. The number of aryl methyl sites for hydroxylation is 1. The molecule has 0 aromatic carbocycles. The largest absolute Gasteiger partial charge is 0.481 e. The van der Waals surface area contributed by atoms with Crippen LogP contribution < -0.4 is 15.0 Å². The second-order valence-corrected chi connectivity index (χ2v) is 12.4. The molecule has 2 saturated heterocycles. The van der Waals surface area contributed by atoms with Gasteiger partial charge in [-0.2, -0.15) is 15.5 Å². The van der Waals surface area contributed by atoms with Gasteiger partial charge < -0.3 is 15.0 Å². The van der Waals surface area contributed by atoms with Crippen molar-refractivity contribution in [3.05, 3.63) is 78.6 Å². The van der Waals surface area contributed by atoms with Crippen LogP contribution in [0, 0.1) is 17.2 Å². The van der Waals surface area contributed by atoms with Crippen LogP contribution in [-0.2, 0) is 7.05 Å². The van der Waals surface area contributed by atoms with E-state index in [2.05, 4.69) is 49.7 Å². The third-order valence-electron chi connectivity index (χ3n) is 9.61. The van der Waals surface area contributed by atoms with Crippen molar-refractivity contribution < 1.29 is 9.53 Å². The summed E-state index contributed by atoms with van der Waals surface area (Å²) in [5.74, 6) is 1.96. The topological polar surface area (TPSA) is 126 Å². The van der Waals surface area contributed by atoms with Gasteiger partial charge >= 0.3 is 0 Å². The van der Waals surface area contributed by atoms with Crippen LogP contribution in [0.25, 0.3) is 27.8 Å². The molecule has 4 aliphatic rings. The number of amides is 1. The molecule has 4 bridgehead atoms. The Bertz CT molecular complexity index is 1920. The number of carbonyl (C=O) groups is 1. The van der Waals surface area contributed by atoms with Gasteiger partial charge in [-0.25, -0.2) is 14.5 Å². The van der Waals surface area contributed by atoms with E-state index in [0.717, 1.165) is 65.7 Å². The maximum Gasteiger partial charge on any atom is 0.253 e.